The quantitative estimate of drug-likeness (QED) is 0.371. The topological polar surface area (TPSA) is 54.4 Å². The Kier molecular flexibility index (Phi) is 23.3. The van der Waals surface area contributed by atoms with Gasteiger partial charge < -0.3 is 5.11 Å². The SMILES string of the molecule is CCCCCCCCCCCCCCCC(=O)O.[O]=[AlH]. The third-order valence-electron chi connectivity index (χ3n) is 3.49. The van der Waals surface area contributed by atoms with Crippen LogP contribution in [0.4, 0.5) is 0 Å². The van der Waals surface area contributed by atoms with Gasteiger partial charge in [0.05, 0.1) is 0 Å². The van der Waals surface area contributed by atoms with Gasteiger partial charge in [0.2, 0.25) is 0 Å². The maximum absolute atomic E-state index is 10.3. The molecule has 0 amide bonds. The van der Waals surface area contributed by atoms with Gasteiger partial charge in [-0.1, -0.05) is 84.0 Å². The van der Waals surface area contributed by atoms with Crippen LogP contribution in [0.25, 0.3) is 0 Å². The number of carboxylic acid groups (broad SMARTS) is 1. The first-order valence-corrected chi connectivity index (χ1v) is 8.85. The van der Waals surface area contributed by atoms with Crippen molar-refractivity contribution in [2.75, 3.05) is 0 Å². The molecule has 3 nitrogen and oxygen atoms in total. The van der Waals surface area contributed by atoms with E-state index in [1.807, 2.05) is 0 Å². The van der Waals surface area contributed by atoms with Crippen molar-refractivity contribution >= 4 is 22.2 Å². The molecular formula is C16H33AlO3. The molecule has 0 aliphatic rings. The van der Waals surface area contributed by atoms with Crippen molar-refractivity contribution in [3.8, 4) is 0 Å². The zero-order valence-corrected chi connectivity index (χ0v) is 14.8. The van der Waals surface area contributed by atoms with Crippen LogP contribution in [0.5, 0.6) is 0 Å². The van der Waals surface area contributed by atoms with Crippen LogP contribution in [0, 0.1) is 0 Å². The molecular weight excluding hydrogens is 267 g/mol. The summed E-state index contributed by atoms with van der Waals surface area (Å²) in [7, 11) is 0. The van der Waals surface area contributed by atoms with Gasteiger partial charge in [-0.05, 0) is 6.42 Å². The van der Waals surface area contributed by atoms with Crippen LogP contribution in [0.15, 0.2) is 0 Å². The first-order valence-electron chi connectivity index (χ1n) is 8.28. The fourth-order valence-corrected chi connectivity index (χ4v) is 2.29. The summed E-state index contributed by atoms with van der Waals surface area (Å²) in [6.45, 7) is 2.26. The van der Waals surface area contributed by atoms with E-state index < -0.39 is 5.97 Å². The molecule has 0 radical (unpaired) electrons. The summed E-state index contributed by atoms with van der Waals surface area (Å²) >= 11 is 0.611. The van der Waals surface area contributed by atoms with Gasteiger partial charge in [-0.3, -0.25) is 4.79 Å². The third kappa shape index (κ3) is 22.9. The summed E-state index contributed by atoms with van der Waals surface area (Å²) in [6, 6.07) is 0. The second-order valence-electron chi connectivity index (χ2n) is 5.39. The summed E-state index contributed by atoms with van der Waals surface area (Å²) < 4.78 is 8.28. The van der Waals surface area contributed by atoms with Gasteiger partial charge in [-0.15, -0.1) is 0 Å². The molecule has 1 N–H and O–H groups in total. The van der Waals surface area contributed by atoms with Crippen molar-refractivity contribution in [3.05, 3.63) is 0 Å². The van der Waals surface area contributed by atoms with Gasteiger partial charge in [0.25, 0.3) is 0 Å². The number of carboxylic acids is 1. The fourth-order valence-electron chi connectivity index (χ4n) is 2.29. The number of hydrogen-bond donors (Lipinski definition) is 1. The average Bonchev–Trinajstić information content (AvgIpc) is 2.46. The molecule has 4 heteroatoms. The average molecular weight is 300 g/mol. The van der Waals surface area contributed by atoms with Crippen LogP contribution in [0.2, 0.25) is 0 Å². The van der Waals surface area contributed by atoms with E-state index in [0.29, 0.717) is 22.6 Å². The Morgan fingerprint density at radius 1 is 0.700 bits per heavy atom. The fraction of sp³-hybridized carbons (Fsp3) is 0.938. The standard InChI is InChI=1S/C16H32O2.Al.O.H/c1-2-3-4-5-6-7-8-9-10-11-12-13-14-15-16(17)18;;;/h2-15H2,1H3,(H,17,18);;;. The summed E-state index contributed by atoms with van der Waals surface area (Å²) in [5.74, 6) is -0.655. The van der Waals surface area contributed by atoms with E-state index in [4.69, 9.17) is 8.91 Å². The van der Waals surface area contributed by atoms with E-state index >= 15 is 0 Å². The van der Waals surface area contributed by atoms with Gasteiger partial charge in [0.15, 0.2) is 0 Å². The van der Waals surface area contributed by atoms with Gasteiger partial charge in [0, 0.05) is 6.42 Å². The molecule has 0 aliphatic heterocycles. The van der Waals surface area contributed by atoms with Crippen molar-refractivity contribution in [2.24, 2.45) is 0 Å². The molecule has 0 rings (SSSR count). The van der Waals surface area contributed by atoms with Crippen LogP contribution in [0.3, 0.4) is 0 Å². The molecule has 0 saturated heterocycles. The summed E-state index contributed by atoms with van der Waals surface area (Å²) in [5.41, 5.74) is 0. The Morgan fingerprint density at radius 2 is 1.00 bits per heavy atom. The second kappa shape index (κ2) is 21.1. The molecule has 118 valence electrons. The van der Waals surface area contributed by atoms with Crippen molar-refractivity contribution < 1.29 is 13.7 Å². The third-order valence-corrected chi connectivity index (χ3v) is 3.49. The zero-order chi connectivity index (χ0) is 15.5. The summed E-state index contributed by atoms with van der Waals surface area (Å²) in [4.78, 5) is 10.3. The van der Waals surface area contributed by atoms with E-state index in [9.17, 15) is 4.79 Å². The molecule has 0 unspecified atom stereocenters. The molecule has 0 heterocycles. The first kappa shape index (κ1) is 22.1. The van der Waals surface area contributed by atoms with E-state index in [0.717, 1.165) is 12.8 Å². The molecule has 0 aliphatic carbocycles. The number of aliphatic carboxylic acids is 1. The van der Waals surface area contributed by atoms with Gasteiger partial charge >= 0.3 is 26.0 Å². The van der Waals surface area contributed by atoms with Crippen molar-refractivity contribution in [1.29, 1.82) is 0 Å². The molecule has 20 heavy (non-hydrogen) atoms. The number of unbranched alkanes of at least 4 members (excludes halogenated alkanes) is 12. The molecule has 0 saturated carbocycles. The van der Waals surface area contributed by atoms with Crippen molar-refractivity contribution in [1.82, 2.24) is 0 Å². The van der Waals surface area contributed by atoms with Crippen LogP contribution < -0.4 is 0 Å². The monoisotopic (exact) mass is 300 g/mol. The van der Waals surface area contributed by atoms with Gasteiger partial charge in [0.1, 0.15) is 0 Å². The zero-order valence-electron chi connectivity index (χ0n) is 13.4. The molecule has 0 atom stereocenters. The molecule has 0 aromatic carbocycles. The normalized spacial score (nSPS) is 9.80. The Hall–Kier alpha value is -0.198. The molecule has 0 bridgehead atoms. The van der Waals surface area contributed by atoms with E-state index in [1.54, 1.807) is 0 Å². The van der Waals surface area contributed by atoms with Gasteiger partial charge in [-0.25, -0.2) is 0 Å². The summed E-state index contributed by atoms with van der Waals surface area (Å²) in [6.07, 6.45) is 17.3. The second-order valence-corrected chi connectivity index (χ2v) is 5.39. The van der Waals surface area contributed by atoms with Gasteiger partial charge in [-0.2, -0.15) is 0 Å². The van der Waals surface area contributed by atoms with Crippen molar-refractivity contribution in [3.63, 3.8) is 0 Å². The Morgan fingerprint density at radius 3 is 1.30 bits per heavy atom. The van der Waals surface area contributed by atoms with Crippen LogP contribution >= 0.6 is 0 Å². The predicted molar refractivity (Wildman–Crippen MR) is 85.8 cm³/mol. The number of carbonyl (C=O) groups is 1. The van der Waals surface area contributed by atoms with Crippen LogP contribution in [-0.2, 0) is 8.60 Å². The summed E-state index contributed by atoms with van der Waals surface area (Å²) in [5, 5.41) is 8.49. The Bertz CT molecular complexity index is 198. The Labute approximate surface area is 133 Å². The maximum atomic E-state index is 10.3. The molecule has 0 aromatic heterocycles. The van der Waals surface area contributed by atoms with Crippen molar-refractivity contribution in [2.45, 2.75) is 96.8 Å². The van der Waals surface area contributed by atoms with E-state index in [-0.39, 0.29) is 0 Å². The number of hydrogen-bond acceptors (Lipinski definition) is 2. The molecule has 0 aromatic rings. The van der Waals surface area contributed by atoms with E-state index in [1.165, 1.54) is 70.6 Å². The number of rotatable bonds is 14. The minimum absolute atomic E-state index is 0.345. The minimum atomic E-state index is -0.655. The van der Waals surface area contributed by atoms with Crippen LogP contribution in [-0.4, -0.2) is 27.3 Å². The Balaban J connectivity index is 0. The predicted octanol–water partition coefficient (Wildman–Crippen LogP) is 4.79. The van der Waals surface area contributed by atoms with E-state index in [2.05, 4.69) is 6.92 Å². The molecule has 0 fully saturated rings. The molecule has 0 spiro atoms. The first-order chi connectivity index (χ1) is 9.77. The van der Waals surface area contributed by atoms with Crippen LogP contribution in [0.1, 0.15) is 96.8 Å².